The maximum atomic E-state index is 12.8. The van der Waals surface area contributed by atoms with Crippen molar-refractivity contribution >= 4 is 16.7 Å². The van der Waals surface area contributed by atoms with Crippen LogP contribution >= 0.6 is 0 Å². The molecule has 2 aromatic carbocycles. The molecule has 0 radical (unpaired) electrons. The van der Waals surface area contributed by atoms with Gasteiger partial charge in [-0.3, -0.25) is 19.5 Å². The molecule has 6 nitrogen and oxygen atoms in total. The number of hydrogen-bond acceptors (Lipinski definition) is 3. The van der Waals surface area contributed by atoms with Crippen molar-refractivity contribution in [3.8, 4) is 5.69 Å². The molecule has 1 N–H and O–H groups in total. The fourth-order valence-corrected chi connectivity index (χ4v) is 3.30. The molecule has 2 aromatic heterocycles. The third-order valence-electron chi connectivity index (χ3n) is 4.67. The second kappa shape index (κ2) is 6.25. The second-order valence-electron chi connectivity index (χ2n) is 6.43. The summed E-state index contributed by atoms with van der Waals surface area (Å²) < 4.78 is 2.84. The van der Waals surface area contributed by atoms with Crippen LogP contribution in [0.2, 0.25) is 0 Å². The quantitative estimate of drug-likeness (QED) is 0.598. The van der Waals surface area contributed by atoms with Gasteiger partial charge in [0.05, 0.1) is 10.8 Å². The van der Waals surface area contributed by atoms with E-state index >= 15 is 0 Å². The first-order chi connectivity index (χ1) is 13.0. The fraction of sp³-hybridized carbons (Fsp3) is 0.0952. The molecule has 0 bridgehead atoms. The van der Waals surface area contributed by atoms with Crippen molar-refractivity contribution in [1.29, 1.82) is 0 Å². The van der Waals surface area contributed by atoms with Gasteiger partial charge >= 0.3 is 0 Å². The summed E-state index contributed by atoms with van der Waals surface area (Å²) in [5, 5.41) is 2.85. The molecule has 0 atom stereocenters. The molecule has 0 spiro atoms. The van der Waals surface area contributed by atoms with Crippen molar-refractivity contribution in [3.05, 3.63) is 98.3 Å². The Morgan fingerprint density at radius 3 is 2.04 bits per heavy atom. The van der Waals surface area contributed by atoms with Crippen LogP contribution in [0.4, 0.5) is 0 Å². The van der Waals surface area contributed by atoms with E-state index in [1.165, 1.54) is 6.07 Å². The van der Waals surface area contributed by atoms with Gasteiger partial charge in [0.25, 0.3) is 17.0 Å². The lowest BCUT2D eigenvalue weighted by atomic mass is 10.1. The van der Waals surface area contributed by atoms with Crippen molar-refractivity contribution in [2.75, 3.05) is 0 Å². The minimum atomic E-state index is -0.574. The van der Waals surface area contributed by atoms with Crippen LogP contribution in [0.15, 0.2) is 70.3 Å². The predicted molar refractivity (Wildman–Crippen MR) is 104 cm³/mol. The minimum absolute atomic E-state index is 0.213. The van der Waals surface area contributed by atoms with Crippen LogP contribution in [0.1, 0.15) is 21.7 Å². The molecular weight excluding hydrogens is 342 g/mol. The Hall–Kier alpha value is -3.67. The van der Waals surface area contributed by atoms with Gasteiger partial charge in [0.15, 0.2) is 0 Å². The molecule has 27 heavy (non-hydrogen) atoms. The summed E-state index contributed by atoms with van der Waals surface area (Å²) in [4.78, 5) is 37.6. The molecule has 4 rings (SSSR count). The summed E-state index contributed by atoms with van der Waals surface area (Å²) in [5.41, 5.74) is 2.38. The van der Waals surface area contributed by atoms with Crippen LogP contribution < -0.4 is 11.1 Å². The Bertz CT molecular complexity index is 1270. The summed E-state index contributed by atoms with van der Waals surface area (Å²) in [6.45, 7) is 4.01. The van der Waals surface area contributed by atoms with Gasteiger partial charge in [-0.25, -0.2) is 0 Å². The van der Waals surface area contributed by atoms with Gasteiger partial charge in [-0.15, -0.1) is 0 Å². The number of nitrogens with one attached hydrogen (secondary N) is 1. The lowest BCUT2D eigenvalue weighted by Gasteiger charge is -2.10. The number of benzene rings is 2. The molecule has 134 valence electrons. The maximum absolute atomic E-state index is 12.8. The van der Waals surface area contributed by atoms with E-state index in [9.17, 15) is 14.4 Å². The number of aromatic nitrogens is 3. The average Bonchev–Trinajstić information content (AvgIpc) is 3.02. The highest BCUT2D eigenvalue weighted by Gasteiger charge is 2.15. The van der Waals surface area contributed by atoms with Crippen LogP contribution in [-0.2, 0) is 0 Å². The smallest absolute Gasteiger partial charge is 0.280 e. The predicted octanol–water partition coefficient (Wildman–Crippen LogP) is 2.79. The van der Waals surface area contributed by atoms with Gasteiger partial charge in [0.1, 0.15) is 0 Å². The van der Waals surface area contributed by atoms with Crippen molar-refractivity contribution < 1.29 is 4.79 Å². The number of carbonyl (C=O) groups excluding carboxylic acids is 1. The van der Waals surface area contributed by atoms with Crippen molar-refractivity contribution in [1.82, 2.24) is 14.3 Å². The largest absolute Gasteiger partial charge is 0.319 e. The number of nitrogens with zero attached hydrogens (tertiary/aromatic N) is 2. The highest BCUT2D eigenvalue weighted by atomic mass is 16.2. The highest BCUT2D eigenvalue weighted by molar-refractivity contribution is 5.96. The number of H-pyrrole nitrogens is 1. The van der Waals surface area contributed by atoms with Gasteiger partial charge < -0.3 is 4.57 Å². The molecule has 2 heterocycles. The van der Waals surface area contributed by atoms with E-state index in [1.807, 2.05) is 38.1 Å². The van der Waals surface area contributed by atoms with Gasteiger partial charge in [-0.05, 0) is 62.4 Å². The van der Waals surface area contributed by atoms with Crippen LogP contribution in [0.3, 0.4) is 0 Å². The summed E-state index contributed by atoms with van der Waals surface area (Å²) in [6, 6.07) is 17.4. The van der Waals surface area contributed by atoms with E-state index in [0.29, 0.717) is 5.56 Å². The summed E-state index contributed by atoms with van der Waals surface area (Å²) in [6.07, 6.45) is 0. The van der Waals surface area contributed by atoms with Gasteiger partial charge in [0, 0.05) is 22.6 Å². The number of rotatable bonds is 2. The average molecular weight is 359 g/mol. The van der Waals surface area contributed by atoms with E-state index in [0.717, 1.165) is 21.8 Å². The van der Waals surface area contributed by atoms with Crippen LogP contribution in [0, 0.1) is 13.8 Å². The monoisotopic (exact) mass is 359 g/mol. The van der Waals surface area contributed by atoms with Gasteiger partial charge in [-0.2, -0.15) is 4.68 Å². The molecule has 6 heteroatoms. The fourth-order valence-electron chi connectivity index (χ4n) is 3.30. The summed E-state index contributed by atoms with van der Waals surface area (Å²) >= 11 is 0. The lowest BCUT2D eigenvalue weighted by molar-refractivity contribution is 0.0939. The van der Waals surface area contributed by atoms with E-state index in [2.05, 4.69) is 9.67 Å². The number of hydrogen-bond donors (Lipinski definition) is 1. The molecule has 0 saturated carbocycles. The lowest BCUT2D eigenvalue weighted by Crippen LogP contribution is -2.34. The normalized spacial score (nSPS) is 11.0. The van der Waals surface area contributed by atoms with Crippen molar-refractivity contribution in [3.63, 3.8) is 0 Å². The van der Waals surface area contributed by atoms with E-state index in [1.54, 1.807) is 30.3 Å². The molecule has 0 unspecified atom stereocenters. The van der Waals surface area contributed by atoms with E-state index in [4.69, 9.17) is 0 Å². The number of aryl methyl sites for hydroxylation is 2. The maximum Gasteiger partial charge on any atom is 0.280 e. The Labute approximate surface area is 154 Å². The standard InChI is InChI=1S/C21H17N3O3/c1-13-7-8-14(2)23(13)16-11-9-15(10-12-16)20(26)24-21(27)18-6-4-3-5-17(18)19(25)22-24/h3-12H,1-2H3,(H,22,25). The molecule has 0 aliphatic rings. The van der Waals surface area contributed by atoms with E-state index in [-0.39, 0.29) is 10.8 Å². The third kappa shape index (κ3) is 2.71. The van der Waals surface area contributed by atoms with Gasteiger partial charge in [0.2, 0.25) is 0 Å². The van der Waals surface area contributed by atoms with Crippen LogP contribution in [-0.4, -0.2) is 20.3 Å². The van der Waals surface area contributed by atoms with E-state index < -0.39 is 17.0 Å². The number of aromatic amines is 1. The molecule has 0 aliphatic heterocycles. The third-order valence-corrected chi connectivity index (χ3v) is 4.67. The summed E-state index contributed by atoms with van der Waals surface area (Å²) in [7, 11) is 0. The first-order valence-electron chi connectivity index (χ1n) is 8.51. The van der Waals surface area contributed by atoms with Crippen LogP contribution in [0.5, 0.6) is 0 Å². The van der Waals surface area contributed by atoms with Crippen molar-refractivity contribution in [2.45, 2.75) is 13.8 Å². The first-order valence-corrected chi connectivity index (χ1v) is 8.51. The summed E-state index contributed by atoms with van der Waals surface area (Å²) in [5.74, 6) is -0.574. The first kappa shape index (κ1) is 16.8. The zero-order valence-corrected chi connectivity index (χ0v) is 14.9. The minimum Gasteiger partial charge on any atom is -0.319 e. The Balaban J connectivity index is 1.78. The zero-order valence-electron chi connectivity index (χ0n) is 14.9. The van der Waals surface area contributed by atoms with Gasteiger partial charge in [-0.1, -0.05) is 12.1 Å². The Morgan fingerprint density at radius 1 is 0.815 bits per heavy atom. The molecular formula is C21H17N3O3. The highest BCUT2D eigenvalue weighted by Crippen LogP contribution is 2.17. The SMILES string of the molecule is Cc1ccc(C)n1-c1ccc(C(=O)n2[nH]c(=O)c3ccccc3c2=O)cc1. The number of carbonyl (C=O) groups is 1. The zero-order chi connectivity index (χ0) is 19.1. The topological polar surface area (TPSA) is 76.9 Å². The Kier molecular flexibility index (Phi) is 3.88. The molecule has 0 aliphatic carbocycles. The van der Waals surface area contributed by atoms with Crippen molar-refractivity contribution in [2.24, 2.45) is 0 Å². The molecule has 4 aromatic rings. The molecule has 0 amide bonds. The number of fused-ring (bicyclic) bond motifs is 1. The Morgan fingerprint density at radius 2 is 1.41 bits per heavy atom. The second-order valence-corrected chi connectivity index (χ2v) is 6.43. The van der Waals surface area contributed by atoms with Crippen LogP contribution in [0.25, 0.3) is 16.5 Å². The molecule has 0 saturated heterocycles. The molecule has 0 fully saturated rings.